The zero-order chi connectivity index (χ0) is 107. The van der Waals surface area contributed by atoms with E-state index in [1.165, 1.54) is 205 Å². The van der Waals surface area contributed by atoms with Crippen LogP contribution in [0, 0.1) is 254 Å². The Bertz CT molecular complexity index is 4530. The van der Waals surface area contributed by atoms with Gasteiger partial charge in [0.2, 0.25) is 0 Å². The van der Waals surface area contributed by atoms with Crippen LogP contribution in [0.1, 0.15) is 500 Å². The van der Waals surface area contributed by atoms with Crippen molar-refractivity contribution in [3.63, 3.8) is 0 Å². The second-order valence-corrected chi connectivity index (χ2v) is 62.7. The second kappa shape index (κ2) is 43.7. The molecule has 147 heavy (non-hydrogen) atoms. The monoisotopic (exact) mass is 2040 g/mol. The molecule has 0 aromatic carbocycles. The number of carboxylic acids is 3. The van der Waals surface area contributed by atoms with E-state index in [2.05, 4.69) is 172 Å². The standard InChI is InChI=1S/C30H48O3.C27H48O.C27H46O.C26H44O4.C24H40O4/c1-18(2)19-10-15-30(25(32)33)17-16-28(6)20(24(19)30)8-9-22-27(5)13-12-23(31)26(3,4)21(27)11-14-29(22,28)7;2*1-18(2)7-6-8-19(3)23-11-12-24-22-10-9-20-17-21(28)13-15-26(20,4)25(22)14-16-27(23,24)5;1-5-17-21-14-16(27)10-12-26(21,4)20-11-13-25(3)18(15(2)6-9-22(28)29)7-8-19(25)23(20)24(17)30;1-14(4-7-21(27)28)17-5-6-18-22-19(9-11-24(17,18)3)23(2)10-8-16(25)12-15(23)13-20(22)26/h19-24,31H,1,8-17H2,2-7H3,(H,32,33);18-25,28H,6-17H2,1-5H3;9,18-19,21-25,28H,6-8,10-17H2,1-5H3;15-21,23-24,27,30H,5-14H2,1-4H3,(H,28,29);14-20,22,25-26H,4-13H2,1-3H3,(H,27,28)/t19-,20+,21-,22+,23-,24+,27-,28+,29+,30-;19-,20+,21+,22+,23-,24+,25+,26+,27-;19-,21+,22?,23-,24+,25+,26+,27-;15-,16-,17-,18-,19+,20+,21+,23+,24-,25-,26-;14-,15+,16-,17-,18+,19+,20+,22+,23+,24-/m01111/s1. The third-order valence-electron chi connectivity index (χ3n) is 55.8. The molecule has 0 aromatic heterocycles. The highest BCUT2D eigenvalue weighted by atomic mass is 16.4. The Labute approximate surface area is 897 Å². The van der Waals surface area contributed by atoms with Crippen molar-refractivity contribution in [1.29, 1.82) is 0 Å². The lowest BCUT2D eigenvalue weighted by molar-refractivity contribution is -0.248. The van der Waals surface area contributed by atoms with Crippen LogP contribution in [0.15, 0.2) is 23.8 Å². The summed E-state index contributed by atoms with van der Waals surface area (Å²) in [5.41, 5.74) is 6.11. The second-order valence-electron chi connectivity index (χ2n) is 62.7. The highest BCUT2D eigenvalue weighted by molar-refractivity contribution is 5.76. The van der Waals surface area contributed by atoms with E-state index in [1.807, 2.05) is 0 Å². The number of aliphatic hydroxyl groups is 7. The Morgan fingerprint density at radius 2 is 0.810 bits per heavy atom. The molecule has 20 fully saturated rings. The van der Waals surface area contributed by atoms with Crippen LogP contribution in [0.4, 0.5) is 0 Å². The van der Waals surface area contributed by atoms with Gasteiger partial charge in [-0.3, -0.25) is 14.4 Å². The maximum atomic E-state index is 12.8. The Balaban J connectivity index is 0.000000126. The van der Waals surface area contributed by atoms with Crippen LogP contribution in [0.5, 0.6) is 0 Å². The van der Waals surface area contributed by atoms with Gasteiger partial charge in [-0.25, -0.2) is 0 Å². The fraction of sp³-hybridized carbons (Fsp3) is 0.948. The number of fused-ring (bicyclic) bond motifs is 27. The lowest BCUT2D eigenvalue weighted by Gasteiger charge is -2.72. The summed E-state index contributed by atoms with van der Waals surface area (Å²) >= 11 is 0. The molecule has 0 bridgehead atoms. The largest absolute Gasteiger partial charge is 0.481 e. The summed E-state index contributed by atoms with van der Waals surface area (Å²) < 4.78 is 0. The Morgan fingerprint density at radius 1 is 0.367 bits per heavy atom. The minimum absolute atomic E-state index is 0.00830. The molecule has 0 radical (unpaired) electrons. The molecule has 13 nitrogen and oxygen atoms in total. The molecule has 10 N–H and O–H groups in total. The molecule has 0 aliphatic heterocycles. The van der Waals surface area contributed by atoms with E-state index in [9.17, 15) is 55.2 Å². The lowest BCUT2D eigenvalue weighted by Crippen LogP contribution is -2.67. The number of carbonyl (C=O) groups is 3. The zero-order valence-corrected chi connectivity index (χ0v) is 98.4. The van der Waals surface area contributed by atoms with Gasteiger partial charge in [0.25, 0.3) is 0 Å². The van der Waals surface area contributed by atoms with Crippen molar-refractivity contribution in [1.82, 2.24) is 0 Å². The van der Waals surface area contributed by atoms with Gasteiger partial charge in [0.05, 0.1) is 48.1 Å². The van der Waals surface area contributed by atoms with Crippen LogP contribution in [-0.2, 0) is 14.4 Å². The lowest BCUT2D eigenvalue weighted by atomic mass is 9.32. The summed E-state index contributed by atoms with van der Waals surface area (Å²) in [6, 6.07) is 0. The van der Waals surface area contributed by atoms with E-state index >= 15 is 0 Å². The van der Waals surface area contributed by atoms with Gasteiger partial charge in [0, 0.05) is 12.8 Å². The van der Waals surface area contributed by atoms with E-state index in [4.69, 9.17) is 10.2 Å². The van der Waals surface area contributed by atoms with Crippen LogP contribution in [0.25, 0.3) is 0 Å². The third kappa shape index (κ3) is 20.1. The quantitative estimate of drug-likeness (QED) is 0.0481. The van der Waals surface area contributed by atoms with Crippen molar-refractivity contribution in [2.24, 2.45) is 254 Å². The number of hydrogen-bond donors (Lipinski definition) is 10. The number of aliphatic hydroxyl groups excluding tert-OH is 7. The maximum absolute atomic E-state index is 12.8. The molecule has 0 heterocycles. The first-order chi connectivity index (χ1) is 69.1. The van der Waals surface area contributed by atoms with Crippen molar-refractivity contribution in [3.8, 4) is 0 Å². The Hall–Kier alpha value is -2.39. The summed E-state index contributed by atoms with van der Waals surface area (Å²) in [5, 5.41) is 104. The first kappa shape index (κ1) is 116. The molecule has 21 rings (SSSR count). The summed E-state index contributed by atoms with van der Waals surface area (Å²) in [4.78, 5) is 34.9. The predicted octanol–water partition coefficient (Wildman–Crippen LogP) is 31.5. The van der Waals surface area contributed by atoms with Crippen LogP contribution < -0.4 is 0 Å². The third-order valence-corrected chi connectivity index (χ3v) is 55.8. The summed E-state index contributed by atoms with van der Waals surface area (Å²) in [6.07, 6.45) is 62.7. The molecular weight excluding hydrogens is 1820 g/mol. The summed E-state index contributed by atoms with van der Waals surface area (Å²) in [5.74, 6) is 18.7. The molecule has 1 unspecified atom stereocenters. The Morgan fingerprint density at radius 3 is 1.34 bits per heavy atom. The average molecular weight is 2050 g/mol. The van der Waals surface area contributed by atoms with Crippen LogP contribution in [-0.4, -0.2) is 112 Å². The molecule has 0 saturated heterocycles. The fourth-order valence-electron chi connectivity index (χ4n) is 47.6. The van der Waals surface area contributed by atoms with E-state index in [0.717, 1.165) is 205 Å². The van der Waals surface area contributed by atoms with Gasteiger partial charge in [-0.15, -0.1) is 0 Å². The van der Waals surface area contributed by atoms with E-state index < -0.39 is 23.3 Å². The van der Waals surface area contributed by atoms with Crippen LogP contribution in [0.2, 0.25) is 0 Å². The zero-order valence-electron chi connectivity index (χ0n) is 98.4. The normalized spacial score (nSPS) is 51.0. The number of aliphatic carboxylic acids is 3. The van der Waals surface area contributed by atoms with Gasteiger partial charge in [-0.1, -0.05) is 221 Å². The van der Waals surface area contributed by atoms with E-state index in [1.54, 1.807) is 5.57 Å². The first-order valence-electron chi connectivity index (χ1n) is 63.8. The number of carboxylic acid groups (broad SMARTS) is 3. The molecule has 21 aliphatic carbocycles. The first-order valence-corrected chi connectivity index (χ1v) is 63.8. The van der Waals surface area contributed by atoms with Crippen LogP contribution in [0.3, 0.4) is 0 Å². The highest BCUT2D eigenvalue weighted by Crippen LogP contribution is 2.80. The van der Waals surface area contributed by atoms with Crippen molar-refractivity contribution in [2.45, 2.75) is 542 Å². The maximum Gasteiger partial charge on any atom is 0.309 e. The number of allylic oxidation sites excluding steroid dienone is 2. The molecular formula is C134H226O13. The van der Waals surface area contributed by atoms with Crippen molar-refractivity contribution in [3.05, 3.63) is 23.8 Å². The molecule has 840 valence electrons. The molecule has 13 heteroatoms. The average Bonchev–Trinajstić information content (AvgIpc) is 1.00. The molecule has 0 aromatic rings. The van der Waals surface area contributed by atoms with Gasteiger partial charge in [-0.05, 0) is 538 Å². The summed E-state index contributed by atoms with van der Waals surface area (Å²) in [7, 11) is 0. The molecule has 48 atom stereocenters. The minimum atomic E-state index is -0.684. The smallest absolute Gasteiger partial charge is 0.309 e. The van der Waals surface area contributed by atoms with Crippen molar-refractivity contribution in [2.75, 3.05) is 0 Å². The van der Waals surface area contributed by atoms with Gasteiger partial charge in [0.1, 0.15) is 0 Å². The topological polar surface area (TPSA) is 254 Å². The van der Waals surface area contributed by atoms with Crippen LogP contribution >= 0.6 is 0 Å². The van der Waals surface area contributed by atoms with Gasteiger partial charge < -0.3 is 51.1 Å². The molecule has 0 amide bonds. The molecule has 21 aliphatic rings. The van der Waals surface area contributed by atoms with E-state index in [-0.39, 0.29) is 105 Å². The van der Waals surface area contributed by atoms with Crippen molar-refractivity contribution < 1.29 is 65.4 Å². The number of rotatable bonds is 21. The fourth-order valence-corrected chi connectivity index (χ4v) is 47.6. The SMILES string of the molecule is C=C(C)[C@@H]1CC[C@]2(C(=O)O)CC[C@]3(C)[C@H](CC[C@@H]4[C@@]5(C)CC[C@H](O)C(C)(C)[C@@H]5CC[C@]43C)[C@@H]12.CC(C)CCC[C@@H](C)[C@H]1CC[C@H]2C3CC=C4C[C@@H](O)CC[C@]4(C)[C@H]3CC[C@]12C.CC(C)CCC[C@@H](C)[C@H]1CC[C@H]2[C@@H]3CC[C@H]4C[C@@H](O)CC[C@]4(C)[C@H]3CC[C@]12C.CC[C@H]1[C@@H](O)[C@@H]2[C@H](CC[C@]3(C)[C@@H]([C@H](C)CCC(=O)O)CC[C@@H]23)[C@@]2(C)CC[C@@H](O)C[C@@H]12.C[C@H](CCC(=O)O)[C@H]1CC[C@H]2[C@@H]3[C@@H](O)C[C@@H]4C[C@H](O)CC[C@]4(C)[C@H]3CC[C@]12C. The van der Waals surface area contributed by atoms with E-state index in [0.29, 0.717) is 122 Å². The molecule has 20 saturated carbocycles. The molecule has 0 spiro atoms. The van der Waals surface area contributed by atoms with Crippen molar-refractivity contribution >= 4 is 17.9 Å². The highest BCUT2D eigenvalue weighted by Gasteiger charge is 2.75. The predicted molar refractivity (Wildman–Crippen MR) is 597 cm³/mol. The summed E-state index contributed by atoms with van der Waals surface area (Å²) in [6.45, 7) is 60.7. The van der Waals surface area contributed by atoms with Gasteiger partial charge in [0.15, 0.2) is 0 Å². The minimum Gasteiger partial charge on any atom is -0.481 e. The van der Waals surface area contributed by atoms with Gasteiger partial charge >= 0.3 is 17.9 Å². The number of hydrogen-bond acceptors (Lipinski definition) is 10. The Kier molecular flexibility index (Phi) is 34.3. The van der Waals surface area contributed by atoms with Gasteiger partial charge in [-0.2, -0.15) is 0 Å².